The van der Waals surface area contributed by atoms with Crippen LogP contribution >= 0.6 is 0 Å². The first-order valence-electron chi connectivity index (χ1n) is 6.73. The Morgan fingerprint density at radius 2 is 2.00 bits per heavy atom. The summed E-state index contributed by atoms with van der Waals surface area (Å²) in [6.45, 7) is 4.35. The van der Waals surface area contributed by atoms with Crippen LogP contribution in [0, 0.1) is 19.8 Å². The maximum absolute atomic E-state index is 11.4. The number of aryl methyl sites for hydroxylation is 2. The van der Waals surface area contributed by atoms with Crippen molar-refractivity contribution in [1.29, 1.82) is 0 Å². The molecule has 0 atom stereocenters. The molecule has 0 bridgehead atoms. The van der Waals surface area contributed by atoms with Gasteiger partial charge in [0.05, 0.1) is 31.4 Å². The highest BCUT2D eigenvalue weighted by Gasteiger charge is 2.27. The van der Waals surface area contributed by atoms with E-state index in [1.54, 1.807) is 0 Å². The third-order valence-corrected chi connectivity index (χ3v) is 3.85. The number of rotatable bonds is 4. The summed E-state index contributed by atoms with van der Waals surface area (Å²) in [5.74, 6) is 0.772. The lowest BCUT2D eigenvalue weighted by Gasteiger charge is -2.26. The van der Waals surface area contributed by atoms with Gasteiger partial charge in [-0.25, -0.2) is 0 Å². The van der Waals surface area contributed by atoms with Crippen LogP contribution in [0.15, 0.2) is 4.52 Å². The van der Waals surface area contributed by atoms with Crippen LogP contribution in [0.25, 0.3) is 0 Å². The Hall–Kier alpha value is -1.36. The van der Waals surface area contributed by atoms with Crippen LogP contribution in [-0.2, 0) is 20.9 Å². The average molecular weight is 267 g/mol. The Bertz CT molecular complexity index is 413. The van der Waals surface area contributed by atoms with Gasteiger partial charge in [0.15, 0.2) is 0 Å². The van der Waals surface area contributed by atoms with Gasteiger partial charge in [0.1, 0.15) is 5.76 Å². The zero-order chi connectivity index (χ0) is 13.8. The number of hydrogen-bond donors (Lipinski definition) is 0. The van der Waals surface area contributed by atoms with Crippen LogP contribution in [0.3, 0.4) is 0 Å². The molecule has 0 amide bonds. The molecule has 1 aromatic heterocycles. The molecular formula is C14H21NO4. The standard InChI is InChI=1S/C14H21NO4/c1-9-13(10(2)19-15-9)8-18-12-6-4-11(5-7-12)14(16)17-3/h11-12H,4-8H2,1-3H3. The van der Waals surface area contributed by atoms with Crippen molar-refractivity contribution in [3.05, 3.63) is 17.0 Å². The Labute approximate surface area is 113 Å². The lowest BCUT2D eigenvalue weighted by molar-refractivity contribution is -0.147. The SMILES string of the molecule is COC(=O)C1CCC(OCc2c(C)noc2C)CC1. The number of ether oxygens (including phenoxy) is 2. The molecule has 0 unspecified atom stereocenters. The molecule has 1 aliphatic rings. The van der Waals surface area contributed by atoms with Crippen molar-refractivity contribution in [3.8, 4) is 0 Å². The van der Waals surface area contributed by atoms with E-state index in [9.17, 15) is 4.79 Å². The number of methoxy groups -OCH3 is 1. The molecule has 19 heavy (non-hydrogen) atoms. The molecule has 2 rings (SSSR count). The highest BCUT2D eigenvalue weighted by Crippen LogP contribution is 2.28. The van der Waals surface area contributed by atoms with Gasteiger partial charge in [0.2, 0.25) is 0 Å². The first-order valence-corrected chi connectivity index (χ1v) is 6.73. The molecule has 106 valence electrons. The monoisotopic (exact) mass is 267 g/mol. The van der Waals surface area contributed by atoms with Crippen LogP contribution in [0.2, 0.25) is 0 Å². The molecule has 0 saturated heterocycles. The minimum Gasteiger partial charge on any atom is -0.469 e. The number of carbonyl (C=O) groups excluding carboxylic acids is 1. The van der Waals surface area contributed by atoms with Crippen LogP contribution in [-0.4, -0.2) is 24.3 Å². The Balaban J connectivity index is 1.79. The van der Waals surface area contributed by atoms with Crippen LogP contribution < -0.4 is 0 Å². The molecular weight excluding hydrogens is 246 g/mol. The quantitative estimate of drug-likeness (QED) is 0.784. The van der Waals surface area contributed by atoms with Gasteiger partial charge in [-0.3, -0.25) is 4.79 Å². The van der Waals surface area contributed by atoms with Crippen molar-refractivity contribution >= 4 is 5.97 Å². The van der Waals surface area contributed by atoms with E-state index < -0.39 is 0 Å². The number of carbonyl (C=O) groups is 1. The van der Waals surface area contributed by atoms with Crippen molar-refractivity contribution < 1.29 is 18.8 Å². The van der Waals surface area contributed by atoms with E-state index >= 15 is 0 Å². The van der Waals surface area contributed by atoms with E-state index in [1.807, 2.05) is 13.8 Å². The first kappa shape index (κ1) is 14.1. The lowest BCUT2D eigenvalue weighted by atomic mass is 9.87. The molecule has 0 aromatic carbocycles. The fourth-order valence-electron chi connectivity index (χ4n) is 2.54. The third kappa shape index (κ3) is 3.35. The fourth-order valence-corrected chi connectivity index (χ4v) is 2.54. The van der Waals surface area contributed by atoms with Gasteiger partial charge in [-0.05, 0) is 39.5 Å². The van der Waals surface area contributed by atoms with Gasteiger partial charge < -0.3 is 14.0 Å². The normalized spacial score (nSPS) is 23.3. The van der Waals surface area contributed by atoms with Gasteiger partial charge >= 0.3 is 5.97 Å². The summed E-state index contributed by atoms with van der Waals surface area (Å²) in [4.78, 5) is 11.4. The van der Waals surface area contributed by atoms with Crippen molar-refractivity contribution in [2.24, 2.45) is 5.92 Å². The number of aromatic nitrogens is 1. The minimum absolute atomic E-state index is 0.0453. The lowest BCUT2D eigenvalue weighted by Crippen LogP contribution is -2.27. The smallest absolute Gasteiger partial charge is 0.308 e. The first-order chi connectivity index (χ1) is 9.11. The molecule has 1 fully saturated rings. The number of esters is 1. The largest absolute Gasteiger partial charge is 0.469 e. The van der Waals surface area contributed by atoms with E-state index in [2.05, 4.69) is 5.16 Å². The molecule has 1 heterocycles. The summed E-state index contributed by atoms with van der Waals surface area (Å²) in [5, 5.41) is 3.91. The topological polar surface area (TPSA) is 61.6 Å². The Morgan fingerprint density at radius 3 is 2.53 bits per heavy atom. The van der Waals surface area contributed by atoms with Crippen molar-refractivity contribution in [1.82, 2.24) is 5.16 Å². The van der Waals surface area contributed by atoms with Crippen molar-refractivity contribution in [2.75, 3.05) is 7.11 Å². The van der Waals surface area contributed by atoms with Crippen LogP contribution in [0.4, 0.5) is 0 Å². The third-order valence-electron chi connectivity index (χ3n) is 3.85. The second-order valence-electron chi connectivity index (χ2n) is 5.11. The highest BCUT2D eigenvalue weighted by molar-refractivity contribution is 5.72. The van der Waals surface area contributed by atoms with Crippen LogP contribution in [0.5, 0.6) is 0 Å². The predicted octanol–water partition coefficient (Wildman–Crippen LogP) is 2.54. The molecule has 0 spiro atoms. The fraction of sp³-hybridized carbons (Fsp3) is 0.714. The van der Waals surface area contributed by atoms with Gasteiger partial charge in [-0.15, -0.1) is 0 Å². The predicted molar refractivity (Wildman–Crippen MR) is 68.5 cm³/mol. The number of nitrogens with zero attached hydrogens (tertiary/aromatic N) is 1. The zero-order valence-electron chi connectivity index (χ0n) is 11.8. The second-order valence-corrected chi connectivity index (χ2v) is 5.11. The van der Waals surface area contributed by atoms with E-state index in [0.717, 1.165) is 42.7 Å². The molecule has 1 aromatic rings. The zero-order valence-corrected chi connectivity index (χ0v) is 11.8. The Morgan fingerprint density at radius 1 is 1.32 bits per heavy atom. The summed E-state index contributed by atoms with van der Waals surface area (Å²) in [6, 6.07) is 0. The molecule has 5 heteroatoms. The molecule has 5 nitrogen and oxygen atoms in total. The maximum atomic E-state index is 11.4. The molecule has 0 aliphatic heterocycles. The van der Waals surface area contributed by atoms with Gasteiger partial charge in [0, 0.05) is 5.56 Å². The van der Waals surface area contributed by atoms with Crippen molar-refractivity contribution in [2.45, 2.75) is 52.2 Å². The second kappa shape index (κ2) is 6.19. The van der Waals surface area contributed by atoms with E-state index in [0.29, 0.717) is 6.61 Å². The van der Waals surface area contributed by atoms with E-state index in [4.69, 9.17) is 14.0 Å². The number of hydrogen-bond acceptors (Lipinski definition) is 5. The van der Waals surface area contributed by atoms with Crippen molar-refractivity contribution in [3.63, 3.8) is 0 Å². The average Bonchev–Trinajstić information content (AvgIpc) is 2.75. The summed E-state index contributed by atoms with van der Waals surface area (Å²) >= 11 is 0. The summed E-state index contributed by atoms with van der Waals surface area (Å²) in [5.41, 5.74) is 1.93. The minimum atomic E-state index is -0.0934. The maximum Gasteiger partial charge on any atom is 0.308 e. The van der Waals surface area contributed by atoms with E-state index in [1.165, 1.54) is 7.11 Å². The molecule has 0 radical (unpaired) electrons. The van der Waals surface area contributed by atoms with Crippen LogP contribution in [0.1, 0.15) is 42.7 Å². The summed E-state index contributed by atoms with van der Waals surface area (Å²) < 4.78 is 15.8. The van der Waals surface area contributed by atoms with Gasteiger partial charge in [-0.2, -0.15) is 0 Å². The summed E-state index contributed by atoms with van der Waals surface area (Å²) in [6.07, 6.45) is 3.72. The molecule has 1 aliphatic carbocycles. The Kier molecular flexibility index (Phi) is 4.58. The van der Waals surface area contributed by atoms with Gasteiger partial charge in [0.25, 0.3) is 0 Å². The summed E-state index contributed by atoms with van der Waals surface area (Å²) in [7, 11) is 1.45. The highest BCUT2D eigenvalue weighted by atomic mass is 16.5. The van der Waals surface area contributed by atoms with E-state index in [-0.39, 0.29) is 18.0 Å². The molecule has 1 saturated carbocycles. The van der Waals surface area contributed by atoms with Gasteiger partial charge in [-0.1, -0.05) is 5.16 Å². The molecule has 0 N–H and O–H groups in total.